The molecule has 1 aromatic heterocycles. The van der Waals surface area contributed by atoms with Gasteiger partial charge in [-0.2, -0.15) is 5.26 Å². The highest BCUT2D eigenvalue weighted by Gasteiger charge is 1.98. The van der Waals surface area contributed by atoms with E-state index in [4.69, 9.17) is 9.68 Å². The third kappa shape index (κ3) is 0.849. The topological polar surface area (TPSA) is 49.8 Å². The lowest BCUT2D eigenvalue weighted by Gasteiger charge is -1.84. The van der Waals surface area contributed by atoms with E-state index in [-0.39, 0.29) is 0 Å². The highest BCUT2D eigenvalue weighted by atomic mass is 16.3. The van der Waals surface area contributed by atoms with Crippen LogP contribution in [0.2, 0.25) is 0 Å². The predicted octanol–water partition coefficient (Wildman–Crippen LogP) is 1.50. The highest BCUT2D eigenvalue weighted by Crippen LogP contribution is 2.12. The summed E-state index contributed by atoms with van der Waals surface area (Å²) in [5, 5.41) is 8.51. The molecule has 0 fully saturated rings. The first kappa shape index (κ1) is 5.93. The molecule has 0 aliphatic carbocycles. The molecule has 11 heavy (non-hydrogen) atoms. The molecule has 0 aliphatic rings. The molecule has 1 aromatic carbocycles. The van der Waals surface area contributed by atoms with E-state index in [0.29, 0.717) is 16.7 Å². The van der Waals surface area contributed by atoms with Crippen molar-refractivity contribution in [3.05, 3.63) is 30.2 Å². The van der Waals surface area contributed by atoms with Crippen molar-refractivity contribution in [3.63, 3.8) is 0 Å². The largest absolute Gasteiger partial charge is 0.443 e. The lowest BCUT2D eigenvalue weighted by Crippen LogP contribution is -1.73. The standard InChI is InChI=1S/C8H3N2O/c9-4-6-1-2-8-7(3-6)10-5-11-8/h1,3,5H. The number of rotatable bonds is 0. The molecule has 0 N–H and O–H groups in total. The van der Waals surface area contributed by atoms with Crippen LogP contribution in [0, 0.1) is 17.4 Å². The van der Waals surface area contributed by atoms with Gasteiger partial charge in [0.2, 0.25) is 0 Å². The third-order valence-electron chi connectivity index (χ3n) is 1.38. The van der Waals surface area contributed by atoms with Gasteiger partial charge in [0.25, 0.3) is 0 Å². The predicted molar refractivity (Wildman–Crippen MR) is 37.6 cm³/mol. The van der Waals surface area contributed by atoms with Crippen LogP contribution in [-0.2, 0) is 0 Å². The summed E-state index contributed by atoms with van der Waals surface area (Å²) in [7, 11) is 0. The summed E-state index contributed by atoms with van der Waals surface area (Å²) in [6, 6.07) is 8.03. The molecule has 0 aliphatic heterocycles. The molecule has 3 nitrogen and oxygen atoms in total. The molecule has 2 aromatic rings. The van der Waals surface area contributed by atoms with E-state index < -0.39 is 0 Å². The van der Waals surface area contributed by atoms with Crippen LogP contribution in [-0.4, -0.2) is 4.98 Å². The maximum absolute atomic E-state index is 8.51. The molecule has 0 saturated heterocycles. The van der Waals surface area contributed by atoms with E-state index in [9.17, 15) is 0 Å². The molecule has 0 bridgehead atoms. The monoisotopic (exact) mass is 143 g/mol. The van der Waals surface area contributed by atoms with Gasteiger partial charge in [0.05, 0.1) is 11.6 Å². The molecule has 1 radical (unpaired) electrons. The summed E-state index contributed by atoms with van der Waals surface area (Å²) in [4.78, 5) is 3.88. The van der Waals surface area contributed by atoms with Gasteiger partial charge in [0, 0.05) is 6.07 Å². The van der Waals surface area contributed by atoms with Crippen LogP contribution >= 0.6 is 0 Å². The molecule has 0 saturated carbocycles. The second kappa shape index (κ2) is 2.10. The van der Waals surface area contributed by atoms with Crippen LogP contribution in [0.1, 0.15) is 5.56 Å². The fourth-order valence-electron chi connectivity index (χ4n) is 0.862. The van der Waals surface area contributed by atoms with Crippen LogP contribution in [0.3, 0.4) is 0 Å². The summed E-state index contributed by atoms with van der Waals surface area (Å²) in [6.45, 7) is 0. The minimum Gasteiger partial charge on any atom is -0.443 e. The molecule has 0 spiro atoms. The number of nitriles is 1. The van der Waals surface area contributed by atoms with E-state index in [1.54, 1.807) is 12.1 Å². The van der Waals surface area contributed by atoms with Crippen molar-refractivity contribution in [1.29, 1.82) is 5.26 Å². The zero-order valence-electron chi connectivity index (χ0n) is 5.53. The Kier molecular flexibility index (Phi) is 1.13. The van der Waals surface area contributed by atoms with E-state index in [0.717, 1.165) is 0 Å². The maximum Gasteiger partial charge on any atom is 0.182 e. The molecule has 51 valence electrons. The Bertz CT molecular complexity index is 425. The van der Waals surface area contributed by atoms with Crippen LogP contribution in [0.4, 0.5) is 0 Å². The summed E-state index contributed by atoms with van der Waals surface area (Å²) in [5.74, 6) is 0. The Morgan fingerprint density at radius 1 is 1.64 bits per heavy atom. The first-order chi connectivity index (χ1) is 5.40. The fraction of sp³-hybridized carbons (Fsp3) is 0. The normalized spacial score (nSPS) is 9.73. The van der Waals surface area contributed by atoms with Crippen molar-refractivity contribution in [2.24, 2.45) is 0 Å². The minimum atomic E-state index is 0.548. The van der Waals surface area contributed by atoms with Crippen LogP contribution < -0.4 is 0 Å². The number of aromatic nitrogens is 1. The Hall–Kier alpha value is -1.82. The Morgan fingerprint density at radius 3 is 3.36 bits per heavy atom. The van der Waals surface area contributed by atoms with Crippen LogP contribution in [0.25, 0.3) is 11.1 Å². The van der Waals surface area contributed by atoms with Gasteiger partial charge in [-0.1, -0.05) is 0 Å². The molecular weight excluding hydrogens is 140 g/mol. The zero-order valence-corrected chi connectivity index (χ0v) is 5.53. The van der Waals surface area contributed by atoms with Crippen molar-refractivity contribution in [2.75, 3.05) is 0 Å². The van der Waals surface area contributed by atoms with Gasteiger partial charge >= 0.3 is 0 Å². The Balaban J connectivity index is 2.79. The number of hydrogen-bond acceptors (Lipinski definition) is 3. The van der Waals surface area contributed by atoms with Gasteiger partial charge in [-0.25, -0.2) is 4.98 Å². The minimum absolute atomic E-state index is 0.548. The Labute approximate surface area is 62.9 Å². The second-order valence-electron chi connectivity index (χ2n) is 2.07. The maximum atomic E-state index is 8.51. The molecular formula is C8H3N2O. The van der Waals surface area contributed by atoms with Crippen LogP contribution in [0.15, 0.2) is 22.9 Å². The van der Waals surface area contributed by atoms with Crippen molar-refractivity contribution in [2.45, 2.75) is 0 Å². The van der Waals surface area contributed by atoms with Crippen molar-refractivity contribution < 1.29 is 4.42 Å². The van der Waals surface area contributed by atoms with Crippen molar-refractivity contribution in [1.82, 2.24) is 4.98 Å². The van der Waals surface area contributed by atoms with Gasteiger partial charge in [0.15, 0.2) is 12.0 Å². The summed E-state index contributed by atoms with van der Waals surface area (Å²) >= 11 is 0. The van der Waals surface area contributed by atoms with Gasteiger partial charge in [0.1, 0.15) is 5.52 Å². The molecule has 0 unspecified atom stereocenters. The second-order valence-corrected chi connectivity index (χ2v) is 2.07. The van der Waals surface area contributed by atoms with Gasteiger partial charge in [-0.3, -0.25) is 0 Å². The number of nitrogens with zero attached hydrogens (tertiary/aromatic N) is 2. The highest BCUT2D eigenvalue weighted by molar-refractivity contribution is 5.73. The first-order valence-corrected chi connectivity index (χ1v) is 3.05. The van der Waals surface area contributed by atoms with Crippen molar-refractivity contribution in [3.8, 4) is 6.07 Å². The third-order valence-corrected chi connectivity index (χ3v) is 1.38. The lowest BCUT2D eigenvalue weighted by molar-refractivity contribution is 0.601. The molecule has 0 amide bonds. The smallest absolute Gasteiger partial charge is 0.182 e. The van der Waals surface area contributed by atoms with Crippen molar-refractivity contribution >= 4 is 11.1 Å². The summed E-state index contributed by atoms with van der Waals surface area (Å²) in [5.41, 5.74) is 1.81. The number of benzene rings is 1. The fourth-order valence-corrected chi connectivity index (χ4v) is 0.862. The number of hydrogen-bond donors (Lipinski definition) is 0. The van der Waals surface area contributed by atoms with Crippen LogP contribution in [0.5, 0.6) is 0 Å². The summed E-state index contributed by atoms with van der Waals surface area (Å²) < 4.78 is 4.94. The molecule has 0 atom stereocenters. The number of fused-ring (bicyclic) bond motifs is 1. The molecule has 3 heteroatoms. The zero-order chi connectivity index (χ0) is 7.68. The number of oxazole rings is 1. The average Bonchev–Trinajstić information content (AvgIpc) is 2.50. The van der Waals surface area contributed by atoms with E-state index >= 15 is 0 Å². The summed E-state index contributed by atoms with van der Waals surface area (Å²) in [6.07, 6.45) is 1.34. The lowest BCUT2D eigenvalue weighted by atomic mass is 10.2. The van der Waals surface area contributed by atoms with Gasteiger partial charge in [-0.05, 0) is 12.1 Å². The van der Waals surface area contributed by atoms with E-state index in [1.165, 1.54) is 6.39 Å². The van der Waals surface area contributed by atoms with Gasteiger partial charge < -0.3 is 4.42 Å². The first-order valence-electron chi connectivity index (χ1n) is 3.05. The Morgan fingerprint density at radius 2 is 2.55 bits per heavy atom. The molecule has 2 rings (SSSR count). The van der Waals surface area contributed by atoms with Gasteiger partial charge in [-0.15, -0.1) is 0 Å². The van der Waals surface area contributed by atoms with E-state index in [2.05, 4.69) is 11.1 Å². The average molecular weight is 143 g/mol. The quantitative estimate of drug-likeness (QED) is 0.561. The SMILES string of the molecule is N#Cc1c[c]c2ocnc2c1. The molecule has 1 heterocycles. The van der Waals surface area contributed by atoms with E-state index in [1.807, 2.05) is 6.07 Å².